The van der Waals surface area contributed by atoms with E-state index in [4.69, 9.17) is 14.6 Å². The van der Waals surface area contributed by atoms with Crippen LogP contribution < -0.4 is 5.32 Å². The van der Waals surface area contributed by atoms with Crippen molar-refractivity contribution in [3.63, 3.8) is 0 Å². The molecule has 262 valence electrons. The van der Waals surface area contributed by atoms with E-state index < -0.39 is 12.3 Å². The van der Waals surface area contributed by atoms with Gasteiger partial charge in [-0.1, -0.05) is 66.7 Å². The summed E-state index contributed by atoms with van der Waals surface area (Å²) in [4.78, 5) is 28.2. The number of hydrogen-bond acceptors (Lipinski definition) is 7. The number of aliphatic hydroxyl groups excluding tert-OH is 1. The highest BCUT2D eigenvalue weighted by Crippen LogP contribution is 2.39. The number of rotatable bonds is 15. The molecule has 0 bridgehead atoms. The van der Waals surface area contributed by atoms with Crippen LogP contribution in [-0.2, 0) is 32.2 Å². The van der Waals surface area contributed by atoms with E-state index in [2.05, 4.69) is 63.6 Å². The number of carbonyl (C=O) groups is 2. The molecule has 3 saturated heterocycles. The van der Waals surface area contributed by atoms with Gasteiger partial charge in [0, 0.05) is 50.5 Å². The first kappa shape index (κ1) is 35.2. The van der Waals surface area contributed by atoms with Crippen LogP contribution in [0.1, 0.15) is 92.4 Å². The quantitative estimate of drug-likeness (QED) is 0.164. The molecule has 6 rings (SSSR count). The third-order valence-corrected chi connectivity index (χ3v) is 10.2. The van der Waals surface area contributed by atoms with Gasteiger partial charge in [-0.15, -0.1) is 0 Å². The molecule has 0 saturated carbocycles. The molecule has 3 aromatic rings. The van der Waals surface area contributed by atoms with E-state index in [-0.39, 0.29) is 31.1 Å². The van der Waals surface area contributed by atoms with E-state index in [9.17, 15) is 14.7 Å². The third kappa shape index (κ3) is 9.99. The maximum absolute atomic E-state index is 12.3. The lowest BCUT2D eigenvalue weighted by Crippen LogP contribution is -2.45. The van der Waals surface area contributed by atoms with Gasteiger partial charge in [-0.05, 0) is 92.0 Å². The smallest absolute Gasteiger partial charge is 0.303 e. The molecule has 3 aliphatic heterocycles. The first-order chi connectivity index (χ1) is 23.9. The number of hydrogen-bond donors (Lipinski definition) is 3. The van der Waals surface area contributed by atoms with E-state index in [1.165, 1.54) is 38.8 Å². The first-order valence-electron chi connectivity index (χ1n) is 18.1. The van der Waals surface area contributed by atoms with E-state index >= 15 is 0 Å². The normalized spacial score (nSPS) is 23.1. The Balaban J connectivity index is 1.11. The van der Waals surface area contributed by atoms with Crippen molar-refractivity contribution in [2.75, 3.05) is 32.7 Å². The number of likely N-dealkylation sites (tertiary alicyclic amines) is 2. The van der Waals surface area contributed by atoms with Crippen LogP contribution in [-0.4, -0.2) is 76.8 Å². The highest BCUT2D eigenvalue weighted by Gasteiger charge is 2.36. The van der Waals surface area contributed by atoms with Gasteiger partial charge in [0.15, 0.2) is 6.29 Å². The number of carboxylic acid groups (broad SMARTS) is 1. The molecule has 0 aromatic heterocycles. The van der Waals surface area contributed by atoms with Crippen molar-refractivity contribution in [3.05, 3.63) is 95.1 Å². The van der Waals surface area contributed by atoms with Crippen LogP contribution in [0.4, 0.5) is 0 Å². The molecule has 1 amide bonds. The average molecular weight is 670 g/mol. The summed E-state index contributed by atoms with van der Waals surface area (Å²) in [6.45, 7) is 6.06. The summed E-state index contributed by atoms with van der Waals surface area (Å²) < 4.78 is 13.4. The molecule has 3 N–H and O–H groups in total. The number of unbranched alkanes of at least 4 members (excludes halogenated alkanes) is 1. The molecule has 3 aliphatic rings. The van der Waals surface area contributed by atoms with Gasteiger partial charge in [0.2, 0.25) is 5.91 Å². The Morgan fingerprint density at radius 1 is 0.796 bits per heavy atom. The second-order valence-electron chi connectivity index (χ2n) is 13.8. The predicted molar refractivity (Wildman–Crippen MR) is 189 cm³/mol. The molecule has 0 radical (unpaired) electrons. The minimum atomic E-state index is -0.832. The molecule has 0 aliphatic carbocycles. The Hall–Kier alpha value is -3.60. The fraction of sp³-hybridized carbons (Fsp3) is 0.500. The first-order valence-corrected chi connectivity index (χ1v) is 18.1. The topological polar surface area (TPSA) is 112 Å². The minimum absolute atomic E-state index is 0.0214. The van der Waals surface area contributed by atoms with Gasteiger partial charge < -0.3 is 29.9 Å². The highest BCUT2D eigenvalue weighted by atomic mass is 16.7. The van der Waals surface area contributed by atoms with Gasteiger partial charge in [-0.2, -0.15) is 0 Å². The number of aliphatic hydroxyl groups is 1. The molecule has 4 atom stereocenters. The van der Waals surface area contributed by atoms with Gasteiger partial charge in [0.25, 0.3) is 0 Å². The summed E-state index contributed by atoms with van der Waals surface area (Å²) >= 11 is 0. The van der Waals surface area contributed by atoms with Crippen LogP contribution in [0.3, 0.4) is 0 Å². The summed E-state index contributed by atoms with van der Waals surface area (Å²) in [6.07, 6.45) is 6.81. The zero-order valence-corrected chi connectivity index (χ0v) is 28.5. The summed E-state index contributed by atoms with van der Waals surface area (Å²) in [7, 11) is 0. The Labute approximate surface area is 290 Å². The van der Waals surface area contributed by atoms with E-state index in [1.807, 2.05) is 24.3 Å². The number of amides is 1. The summed E-state index contributed by atoms with van der Waals surface area (Å²) in [5.74, 6) is -0.901. The van der Waals surface area contributed by atoms with E-state index in [0.717, 1.165) is 59.4 Å². The average Bonchev–Trinajstić information content (AvgIpc) is 3.81. The lowest BCUT2D eigenvalue weighted by atomic mass is 9.98. The number of aliphatic carboxylic acids is 1. The van der Waals surface area contributed by atoms with Gasteiger partial charge in [-0.25, -0.2) is 0 Å². The second kappa shape index (κ2) is 17.4. The molecule has 3 heterocycles. The lowest BCUT2D eigenvalue weighted by molar-refractivity contribution is -0.253. The number of carbonyl (C=O) groups excluding carboxylic acids is 1. The van der Waals surface area contributed by atoms with Crippen molar-refractivity contribution < 1.29 is 29.3 Å². The Bertz CT molecular complexity index is 1510. The molecule has 9 nitrogen and oxygen atoms in total. The van der Waals surface area contributed by atoms with Gasteiger partial charge >= 0.3 is 5.97 Å². The van der Waals surface area contributed by atoms with Gasteiger partial charge in [-0.3, -0.25) is 14.5 Å². The molecule has 0 spiro atoms. The fourth-order valence-corrected chi connectivity index (χ4v) is 7.44. The fourth-order valence-electron chi connectivity index (χ4n) is 7.44. The van der Waals surface area contributed by atoms with Crippen molar-refractivity contribution in [3.8, 4) is 11.1 Å². The molecule has 3 aromatic carbocycles. The number of ether oxygens (including phenoxy) is 2. The number of nitrogens with one attached hydrogen (secondary N) is 1. The molecule has 4 unspecified atom stereocenters. The molecule has 49 heavy (non-hydrogen) atoms. The van der Waals surface area contributed by atoms with Crippen LogP contribution >= 0.6 is 0 Å². The molecule has 3 fully saturated rings. The zero-order valence-electron chi connectivity index (χ0n) is 28.5. The van der Waals surface area contributed by atoms with Crippen LogP contribution in [0.2, 0.25) is 0 Å². The summed E-state index contributed by atoms with van der Waals surface area (Å²) in [5, 5.41) is 21.3. The SMILES string of the molecule is O=C(O)CCCCC(=O)NCc1cccc(-c2ccc(C3OC(CN4CCCC4CN4CCCC4)CC(c4ccc(CO)cc4)O3)cc2)c1. The number of carboxylic acids is 1. The van der Waals surface area contributed by atoms with Crippen molar-refractivity contribution in [1.82, 2.24) is 15.1 Å². The van der Waals surface area contributed by atoms with Crippen molar-refractivity contribution in [2.45, 2.75) is 95.5 Å². The minimum Gasteiger partial charge on any atom is -0.481 e. The Morgan fingerprint density at radius 2 is 1.55 bits per heavy atom. The highest BCUT2D eigenvalue weighted by molar-refractivity contribution is 5.76. The zero-order chi connectivity index (χ0) is 34.0. The van der Waals surface area contributed by atoms with Gasteiger partial charge in [0.1, 0.15) is 0 Å². The van der Waals surface area contributed by atoms with Crippen LogP contribution in [0, 0.1) is 0 Å². The molecular formula is C40H51N3O6. The third-order valence-electron chi connectivity index (χ3n) is 10.2. The van der Waals surface area contributed by atoms with Crippen LogP contribution in [0.25, 0.3) is 11.1 Å². The van der Waals surface area contributed by atoms with Crippen molar-refractivity contribution >= 4 is 11.9 Å². The Morgan fingerprint density at radius 3 is 2.31 bits per heavy atom. The molecular weight excluding hydrogens is 618 g/mol. The summed E-state index contributed by atoms with van der Waals surface area (Å²) in [6, 6.07) is 25.2. The standard InChI is InChI=1S/C40H51N3O6/c44-28-29-12-14-32(15-13-29)37-24-36(27-43-22-6-9-35(43)26-42-20-3-4-21-42)48-40(49-37)33-18-16-31(17-19-33)34-8-5-7-30(23-34)25-41-38(45)10-1-2-11-39(46)47/h5,7-8,12-19,23,35-37,40,44H,1-4,6,9-11,20-22,24-28H2,(H,41,45)(H,46,47). The maximum Gasteiger partial charge on any atom is 0.303 e. The van der Waals surface area contributed by atoms with Gasteiger partial charge in [0.05, 0.1) is 18.8 Å². The molecule has 9 heteroatoms. The van der Waals surface area contributed by atoms with Crippen molar-refractivity contribution in [2.24, 2.45) is 0 Å². The lowest BCUT2D eigenvalue weighted by Gasteiger charge is -2.39. The van der Waals surface area contributed by atoms with E-state index in [0.29, 0.717) is 31.8 Å². The second-order valence-corrected chi connectivity index (χ2v) is 13.8. The largest absolute Gasteiger partial charge is 0.481 e. The van der Waals surface area contributed by atoms with E-state index in [1.54, 1.807) is 0 Å². The van der Waals surface area contributed by atoms with Crippen LogP contribution in [0.5, 0.6) is 0 Å². The van der Waals surface area contributed by atoms with Crippen LogP contribution in [0.15, 0.2) is 72.8 Å². The predicted octanol–water partition coefficient (Wildman–Crippen LogP) is 6.21. The number of benzene rings is 3. The maximum atomic E-state index is 12.3. The number of nitrogens with zero attached hydrogens (tertiary/aromatic N) is 2. The van der Waals surface area contributed by atoms with Crippen molar-refractivity contribution in [1.29, 1.82) is 0 Å². The Kier molecular flexibility index (Phi) is 12.5. The summed E-state index contributed by atoms with van der Waals surface area (Å²) in [5.41, 5.74) is 6.10. The monoisotopic (exact) mass is 669 g/mol.